The minimum atomic E-state index is -0.321. The Kier molecular flexibility index (Phi) is 5.73. The number of aryl methyl sites for hydroxylation is 1. The highest BCUT2D eigenvalue weighted by molar-refractivity contribution is 7.99. The molecule has 0 saturated carbocycles. The molecule has 0 fully saturated rings. The van der Waals surface area contributed by atoms with E-state index < -0.39 is 0 Å². The molecule has 5 nitrogen and oxygen atoms in total. The molecule has 2 heterocycles. The van der Waals surface area contributed by atoms with Gasteiger partial charge in [0.25, 0.3) is 5.56 Å². The number of H-pyrrole nitrogens is 1. The average molecular weight is 391 g/mol. The van der Waals surface area contributed by atoms with Gasteiger partial charge in [-0.05, 0) is 31.0 Å². The fourth-order valence-corrected chi connectivity index (χ4v) is 4.38. The Bertz CT molecular complexity index is 996. The van der Waals surface area contributed by atoms with Gasteiger partial charge in [0, 0.05) is 17.0 Å². The number of aromatic amines is 1. The van der Waals surface area contributed by atoms with Crippen molar-refractivity contribution in [1.82, 2.24) is 15.3 Å². The molecule has 2 N–H and O–H groups in total. The molecule has 0 aliphatic rings. The lowest BCUT2D eigenvalue weighted by Crippen LogP contribution is -2.25. The molecule has 3 aromatic rings. The lowest BCUT2D eigenvalue weighted by molar-refractivity contribution is -0.118. The SMILES string of the molecule is CCCNC(=O)CSc1nc2sc(C)c(-c3ccc(F)cc3)c2c(=O)[nH]1. The zero-order valence-electron chi connectivity index (χ0n) is 14.4. The van der Waals surface area contributed by atoms with Crippen LogP contribution in [-0.2, 0) is 4.79 Å². The van der Waals surface area contributed by atoms with Gasteiger partial charge < -0.3 is 10.3 Å². The molecule has 0 aliphatic heterocycles. The minimum Gasteiger partial charge on any atom is -0.355 e. The second kappa shape index (κ2) is 8.01. The van der Waals surface area contributed by atoms with Crippen molar-refractivity contribution in [3.05, 3.63) is 45.3 Å². The Balaban J connectivity index is 1.92. The van der Waals surface area contributed by atoms with Crippen molar-refractivity contribution < 1.29 is 9.18 Å². The first-order valence-corrected chi connectivity index (χ1v) is 9.98. The average Bonchev–Trinajstić information content (AvgIpc) is 2.95. The van der Waals surface area contributed by atoms with Gasteiger partial charge in [-0.25, -0.2) is 9.37 Å². The van der Waals surface area contributed by atoms with E-state index >= 15 is 0 Å². The van der Waals surface area contributed by atoms with E-state index in [9.17, 15) is 14.0 Å². The van der Waals surface area contributed by atoms with Crippen LogP contribution in [0, 0.1) is 12.7 Å². The number of hydrogen-bond acceptors (Lipinski definition) is 5. The Morgan fingerprint density at radius 2 is 2.08 bits per heavy atom. The standard InChI is InChI=1S/C18H18FN3O2S2/c1-3-8-20-13(23)9-25-18-21-16(24)15-14(10(2)26-17(15)22-18)11-4-6-12(19)7-5-11/h4-7H,3,8-9H2,1-2H3,(H,20,23)(H,21,22,24). The van der Waals surface area contributed by atoms with Crippen molar-refractivity contribution in [2.24, 2.45) is 0 Å². The number of thioether (sulfide) groups is 1. The zero-order valence-corrected chi connectivity index (χ0v) is 16.0. The van der Waals surface area contributed by atoms with Crippen LogP contribution >= 0.6 is 23.1 Å². The van der Waals surface area contributed by atoms with Gasteiger partial charge in [0.15, 0.2) is 5.16 Å². The van der Waals surface area contributed by atoms with Crippen LogP contribution in [0.5, 0.6) is 0 Å². The summed E-state index contributed by atoms with van der Waals surface area (Å²) in [5.74, 6) is -0.212. The smallest absolute Gasteiger partial charge is 0.260 e. The molecule has 0 atom stereocenters. The van der Waals surface area contributed by atoms with Crippen molar-refractivity contribution in [1.29, 1.82) is 0 Å². The van der Waals surface area contributed by atoms with Gasteiger partial charge in [-0.2, -0.15) is 0 Å². The summed E-state index contributed by atoms with van der Waals surface area (Å²) in [4.78, 5) is 33.1. The first-order valence-electron chi connectivity index (χ1n) is 8.18. The van der Waals surface area contributed by atoms with Crippen LogP contribution in [0.25, 0.3) is 21.3 Å². The van der Waals surface area contributed by atoms with Crippen LogP contribution < -0.4 is 10.9 Å². The molecule has 136 valence electrons. The van der Waals surface area contributed by atoms with Crippen molar-refractivity contribution in [3.63, 3.8) is 0 Å². The number of thiophene rings is 1. The van der Waals surface area contributed by atoms with Crippen LogP contribution in [0.4, 0.5) is 4.39 Å². The van der Waals surface area contributed by atoms with Gasteiger partial charge in [-0.1, -0.05) is 30.8 Å². The van der Waals surface area contributed by atoms with E-state index in [0.717, 1.165) is 22.4 Å². The third-order valence-electron chi connectivity index (χ3n) is 3.76. The van der Waals surface area contributed by atoms with Crippen molar-refractivity contribution in [2.75, 3.05) is 12.3 Å². The molecule has 0 unspecified atom stereocenters. The van der Waals surface area contributed by atoms with E-state index in [2.05, 4.69) is 15.3 Å². The molecule has 0 saturated heterocycles. The summed E-state index contributed by atoms with van der Waals surface area (Å²) in [5, 5.41) is 3.70. The van der Waals surface area contributed by atoms with Gasteiger partial charge in [0.1, 0.15) is 10.6 Å². The van der Waals surface area contributed by atoms with Gasteiger partial charge in [-0.15, -0.1) is 11.3 Å². The third-order valence-corrected chi connectivity index (χ3v) is 5.63. The van der Waals surface area contributed by atoms with Crippen LogP contribution in [-0.4, -0.2) is 28.2 Å². The Hall–Kier alpha value is -2.19. The third kappa shape index (κ3) is 3.96. The minimum absolute atomic E-state index is 0.0889. The molecule has 2 aromatic heterocycles. The summed E-state index contributed by atoms with van der Waals surface area (Å²) in [5.41, 5.74) is 1.30. The largest absolute Gasteiger partial charge is 0.355 e. The Morgan fingerprint density at radius 1 is 1.35 bits per heavy atom. The number of carbonyl (C=O) groups is 1. The number of hydrogen-bond donors (Lipinski definition) is 2. The summed E-state index contributed by atoms with van der Waals surface area (Å²) in [7, 11) is 0. The van der Waals surface area contributed by atoms with Gasteiger partial charge in [0.2, 0.25) is 5.91 Å². The summed E-state index contributed by atoms with van der Waals surface area (Å²) >= 11 is 2.61. The van der Waals surface area contributed by atoms with Gasteiger partial charge in [-0.3, -0.25) is 9.59 Å². The van der Waals surface area contributed by atoms with Crippen molar-refractivity contribution in [3.8, 4) is 11.1 Å². The molecule has 1 amide bonds. The van der Waals surface area contributed by atoms with Crippen LogP contribution in [0.15, 0.2) is 34.2 Å². The normalized spacial score (nSPS) is 11.0. The summed E-state index contributed by atoms with van der Waals surface area (Å²) in [6, 6.07) is 6.06. The second-order valence-corrected chi connectivity index (χ2v) is 7.90. The number of nitrogens with one attached hydrogen (secondary N) is 2. The lowest BCUT2D eigenvalue weighted by atomic mass is 10.0. The summed E-state index contributed by atoms with van der Waals surface area (Å²) in [6.45, 7) is 4.53. The quantitative estimate of drug-likeness (QED) is 0.496. The van der Waals surface area contributed by atoms with Crippen molar-refractivity contribution in [2.45, 2.75) is 25.4 Å². The maximum Gasteiger partial charge on any atom is 0.260 e. The predicted octanol–water partition coefficient (Wildman–Crippen LogP) is 3.72. The van der Waals surface area contributed by atoms with Crippen molar-refractivity contribution >= 4 is 39.2 Å². The van der Waals surface area contributed by atoms with Crippen LogP contribution in [0.3, 0.4) is 0 Å². The van der Waals surface area contributed by atoms with Crippen LogP contribution in [0.1, 0.15) is 18.2 Å². The molecule has 3 rings (SSSR count). The number of nitrogens with zero attached hydrogens (tertiary/aromatic N) is 1. The van der Waals surface area contributed by atoms with Gasteiger partial charge in [0.05, 0.1) is 11.1 Å². The maximum atomic E-state index is 13.2. The zero-order chi connectivity index (χ0) is 18.7. The number of rotatable bonds is 6. The number of fused-ring (bicyclic) bond motifs is 1. The summed E-state index contributed by atoms with van der Waals surface area (Å²) < 4.78 is 13.2. The molecule has 0 spiro atoms. The van der Waals surface area contributed by atoms with E-state index in [1.165, 1.54) is 35.2 Å². The summed E-state index contributed by atoms with van der Waals surface area (Å²) in [6.07, 6.45) is 0.873. The molecule has 8 heteroatoms. The molecule has 0 radical (unpaired) electrons. The second-order valence-electron chi connectivity index (χ2n) is 5.73. The van der Waals surface area contributed by atoms with E-state index in [1.54, 1.807) is 12.1 Å². The Morgan fingerprint density at radius 3 is 2.77 bits per heavy atom. The predicted molar refractivity (Wildman–Crippen MR) is 104 cm³/mol. The number of benzene rings is 1. The maximum absolute atomic E-state index is 13.2. The fourth-order valence-electron chi connectivity index (χ4n) is 2.58. The van der Waals surface area contributed by atoms with E-state index in [4.69, 9.17) is 0 Å². The molecular formula is C18H18FN3O2S2. The highest BCUT2D eigenvalue weighted by Crippen LogP contribution is 2.36. The lowest BCUT2D eigenvalue weighted by Gasteiger charge is -2.04. The van der Waals surface area contributed by atoms with E-state index in [1.807, 2.05) is 13.8 Å². The first kappa shape index (κ1) is 18.6. The first-order chi connectivity index (χ1) is 12.5. The topological polar surface area (TPSA) is 74.8 Å². The monoisotopic (exact) mass is 391 g/mol. The number of carbonyl (C=O) groups excluding carboxylic acids is 1. The number of aromatic nitrogens is 2. The molecule has 0 bridgehead atoms. The number of amides is 1. The van der Waals surface area contributed by atoms with E-state index in [-0.39, 0.29) is 23.0 Å². The fraction of sp³-hybridized carbons (Fsp3) is 0.278. The molecule has 1 aromatic carbocycles. The highest BCUT2D eigenvalue weighted by atomic mass is 32.2. The molecular weight excluding hydrogens is 373 g/mol. The Labute approximate surface area is 158 Å². The van der Waals surface area contributed by atoms with Gasteiger partial charge >= 0.3 is 0 Å². The highest BCUT2D eigenvalue weighted by Gasteiger charge is 2.17. The van der Waals surface area contributed by atoms with E-state index in [0.29, 0.717) is 21.9 Å². The molecule has 0 aliphatic carbocycles. The molecule has 26 heavy (non-hydrogen) atoms. The number of halogens is 1. The van der Waals surface area contributed by atoms with Crippen LogP contribution in [0.2, 0.25) is 0 Å².